The molecule has 8 heteroatoms. The Morgan fingerprint density at radius 1 is 1.04 bits per heavy atom. The number of sulfonamides is 1. The minimum absolute atomic E-state index is 0.0584. The molecule has 0 N–H and O–H groups in total. The predicted molar refractivity (Wildman–Crippen MR) is 98.2 cm³/mol. The van der Waals surface area contributed by atoms with Gasteiger partial charge >= 0.3 is 0 Å². The lowest BCUT2D eigenvalue weighted by atomic mass is 10.2. The van der Waals surface area contributed by atoms with E-state index in [1.165, 1.54) is 4.31 Å². The van der Waals surface area contributed by atoms with Crippen molar-refractivity contribution in [2.45, 2.75) is 31.0 Å². The first-order chi connectivity index (χ1) is 12.4. The highest BCUT2D eigenvalue weighted by Gasteiger charge is 2.31. The number of piperazine rings is 1. The SMILES string of the molecule is C[C@@H]1CN(CC(=O)N2CCN(S(=O)(=O)c3ccccc3)CC2)C[C@H](C)O1. The minimum Gasteiger partial charge on any atom is -0.373 e. The molecule has 7 nitrogen and oxygen atoms in total. The normalized spacial score (nSPS) is 26.0. The van der Waals surface area contributed by atoms with Gasteiger partial charge in [-0.3, -0.25) is 9.69 Å². The molecule has 0 spiro atoms. The third kappa shape index (κ3) is 4.43. The number of benzene rings is 1. The van der Waals surface area contributed by atoms with E-state index in [0.717, 1.165) is 13.1 Å². The molecule has 144 valence electrons. The first-order valence-corrected chi connectivity index (χ1v) is 10.5. The number of amides is 1. The lowest BCUT2D eigenvalue weighted by molar-refractivity contribution is -0.137. The molecule has 2 fully saturated rings. The zero-order chi connectivity index (χ0) is 18.7. The molecular weight excluding hydrogens is 354 g/mol. The zero-order valence-electron chi connectivity index (χ0n) is 15.4. The first-order valence-electron chi connectivity index (χ1n) is 9.07. The summed E-state index contributed by atoms with van der Waals surface area (Å²) in [5, 5.41) is 0. The summed E-state index contributed by atoms with van der Waals surface area (Å²) in [5.74, 6) is 0.0584. The zero-order valence-corrected chi connectivity index (χ0v) is 16.2. The van der Waals surface area contributed by atoms with Gasteiger partial charge in [-0.05, 0) is 26.0 Å². The van der Waals surface area contributed by atoms with Gasteiger partial charge in [-0.25, -0.2) is 8.42 Å². The molecule has 0 unspecified atom stereocenters. The van der Waals surface area contributed by atoms with Crippen molar-refractivity contribution < 1.29 is 17.9 Å². The van der Waals surface area contributed by atoms with Gasteiger partial charge in [0.15, 0.2) is 0 Å². The molecule has 3 rings (SSSR count). The number of nitrogens with zero attached hydrogens (tertiary/aromatic N) is 3. The molecule has 1 aromatic rings. The Morgan fingerprint density at radius 2 is 1.62 bits per heavy atom. The van der Waals surface area contributed by atoms with Gasteiger partial charge in [-0.15, -0.1) is 0 Å². The summed E-state index contributed by atoms with van der Waals surface area (Å²) >= 11 is 0. The summed E-state index contributed by atoms with van der Waals surface area (Å²) < 4.78 is 32.5. The van der Waals surface area contributed by atoms with Crippen LogP contribution in [-0.2, 0) is 19.6 Å². The molecule has 2 heterocycles. The van der Waals surface area contributed by atoms with Gasteiger partial charge in [0.05, 0.1) is 23.6 Å². The molecule has 1 amide bonds. The fraction of sp³-hybridized carbons (Fsp3) is 0.611. The van der Waals surface area contributed by atoms with Gasteiger partial charge in [-0.1, -0.05) is 18.2 Å². The molecule has 2 atom stereocenters. The van der Waals surface area contributed by atoms with E-state index in [2.05, 4.69) is 4.90 Å². The number of hydrogen-bond acceptors (Lipinski definition) is 5. The van der Waals surface area contributed by atoms with Gasteiger partial charge in [0.25, 0.3) is 0 Å². The molecule has 0 aromatic heterocycles. The number of rotatable bonds is 4. The summed E-state index contributed by atoms with van der Waals surface area (Å²) in [5.41, 5.74) is 0. The van der Waals surface area contributed by atoms with Gasteiger partial charge < -0.3 is 9.64 Å². The lowest BCUT2D eigenvalue weighted by Crippen LogP contribution is -2.54. The third-order valence-electron chi connectivity index (χ3n) is 4.83. The molecule has 0 radical (unpaired) electrons. The average Bonchev–Trinajstić information content (AvgIpc) is 2.61. The van der Waals surface area contributed by atoms with Crippen LogP contribution in [0.4, 0.5) is 0 Å². The first kappa shape index (κ1) is 19.3. The van der Waals surface area contributed by atoms with E-state index in [1.807, 2.05) is 13.8 Å². The third-order valence-corrected chi connectivity index (χ3v) is 6.74. The van der Waals surface area contributed by atoms with Gasteiger partial charge in [0, 0.05) is 39.3 Å². The van der Waals surface area contributed by atoms with Crippen molar-refractivity contribution in [1.82, 2.24) is 14.1 Å². The van der Waals surface area contributed by atoms with E-state index >= 15 is 0 Å². The van der Waals surface area contributed by atoms with E-state index in [-0.39, 0.29) is 18.1 Å². The lowest BCUT2D eigenvalue weighted by Gasteiger charge is -2.38. The molecular formula is C18H27N3O4S. The Labute approximate surface area is 155 Å². The highest BCUT2D eigenvalue weighted by atomic mass is 32.2. The maximum atomic E-state index is 12.7. The Kier molecular flexibility index (Phi) is 5.96. The monoisotopic (exact) mass is 381 g/mol. The number of ether oxygens (including phenoxy) is 1. The van der Waals surface area contributed by atoms with Gasteiger partial charge in [0.1, 0.15) is 0 Å². The highest BCUT2D eigenvalue weighted by molar-refractivity contribution is 7.89. The molecule has 0 aliphatic carbocycles. The quantitative estimate of drug-likeness (QED) is 0.765. The van der Waals surface area contributed by atoms with Crippen LogP contribution in [0, 0.1) is 0 Å². The smallest absolute Gasteiger partial charge is 0.243 e. The molecule has 0 saturated carbocycles. The topological polar surface area (TPSA) is 70.2 Å². The van der Waals surface area contributed by atoms with Crippen molar-refractivity contribution in [2.75, 3.05) is 45.8 Å². The van der Waals surface area contributed by atoms with Crippen LogP contribution in [0.3, 0.4) is 0 Å². The van der Waals surface area contributed by atoms with Crippen molar-refractivity contribution in [3.63, 3.8) is 0 Å². The van der Waals surface area contributed by atoms with Crippen molar-refractivity contribution in [3.8, 4) is 0 Å². The van der Waals surface area contributed by atoms with Crippen LogP contribution in [-0.4, -0.2) is 86.5 Å². The highest BCUT2D eigenvalue weighted by Crippen LogP contribution is 2.17. The maximum absolute atomic E-state index is 12.7. The minimum atomic E-state index is -3.48. The van der Waals surface area contributed by atoms with E-state index in [1.54, 1.807) is 35.2 Å². The standard InChI is InChI=1S/C18H27N3O4S/c1-15-12-19(13-16(2)25-15)14-18(22)20-8-10-21(11-9-20)26(23,24)17-6-4-3-5-7-17/h3-7,15-16H,8-14H2,1-2H3/t15-,16+. The Bertz CT molecular complexity index is 707. The largest absolute Gasteiger partial charge is 0.373 e. The second-order valence-corrected chi connectivity index (χ2v) is 8.99. The number of carbonyl (C=O) groups excluding carboxylic acids is 1. The second-order valence-electron chi connectivity index (χ2n) is 7.05. The maximum Gasteiger partial charge on any atom is 0.243 e. The number of carbonyl (C=O) groups is 1. The van der Waals surface area contributed by atoms with Gasteiger partial charge in [-0.2, -0.15) is 4.31 Å². The second kappa shape index (κ2) is 8.04. The van der Waals surface area contributed by atoms with Crippen LogP contribution in [0.25, 0.3) is 0 Å². The number of hydrogen-bond donors (Lipinski definition) is 0. The molecule has 1 aromatic carbocycles. The number of morpholine rings is 1. The van der Waals surface area contributed by atoms with E-state index in [9.17, 15) is 13.2 Å². The summed E-state index contributed by atoms with van der Waals surface area (Å²) in [6.45, 7) is 7.42. The fourth-order valence-electron chi connectivity index (χ4n) is 3.62. The molecule has 2 aliphatic heterocycles. The van der Waals surface area contributed by atoms with Crippen LogP contribution in [0.1, 0.15) is 13.8 Å². The van der Waals surface area contributed by atoms with Crippen LogP contribution in [0.2, 0.25) is 0 Å². The van der Waals surface area contributed by atoms with Gasteiger partial charge in [0.2, 0.25) is 15.9 Å². The Morgan fingerprint density at radius 3 is 2.19 bits per heavy atom. The van der Waals surface area contributed by atoms with Crippen LogP contribution >= 0.6 is 0 Å². The molecule has 2 aliphatic rings. The molecule has 0 bridgehead atoms. The van der Waals surface area contributed by atoms with Crippen LogP contribution in [0.15, 0.2) is 35.2 Å². The van der Waals surface area contributed by atoms with Crippen LogP contribution < -0.4 is 0 Å². The summed E-state index contributed by atoms with van der Waals surface area (Å²) in [7, 11) is -3.48. The predicted octanol–water partition coefficient (Wildman–Crippen LogP) is 0.629. The van der Waals surface area contributed by atoms with Crippen molar-refractivity contribution in [2.24, 2.45) is 0 Å². The van der Waals surface area contributed by atoms with E-state index in [4.69, 9.17) is 4.74 Å². The average molecular weight is 381 g/mol. The molecule has 26 heavy (non-hydrogen) atoms. The van der Waals surface area contributed by atoms with Crippen LogP contribution in [0.5, 0.6) is 0 Å². The van der Waals surface area contributed by atoms with Crippen molar-refractivity contribution in [1.29, 1.82) is 0 Å². The summed E-state index contributed by atoms with van der Waals surface area (Å²) in [6, 6.07) is 8.44. The Hall–Kier alpha value is -1.48. The summed E-state index contributed by atoms with van der Waals surface area (Å²) in [4.78, 5) is 16.8. The Balaban J connectivity index is 1.54. The summed E-state index contributed by atoms with van der Waals surface area (Å²) in [6.07, 6.45) is 0.249. The fourth-order valence-corrected chi connectivity index (χ4v) is 5.07. The van der Waals surface area contributed by atoms with E-state index in [0.29, 0.717) is 37.6 Å². The van der Waals surface area contributed by atoms with Crippen molar-refractivity contribution in [3.05, 3.63) is 30.3 Å². The van der Waals surface area contributed by atoms with E-state index < -0.39 is 10.0 Å². The van der Waals surface area contributed by atoms with Crippen molar-refractivity contribution >= 4 is 15.9 Å². The molecule has 2 saturated heterocycles.